The van der Waals surface area contributed by atoms with Crippen molar-refractivity contribution in [3.05, 3.63) is 71.6 Å². The minimum Gasteiger partial charge on any atom is -0.497 e. The van der Waals surface area contributed by atoms with Crippen LogP contribution in [0.4, 0.5) is 8.78 Å². The number of rotatable bonds is 5. The molecule has 0 aliphatic carbocycles. The van der Waals surface area contributed by atoms with E-state index >= 15 is 0 Å². The van der Waals surface area contributed by atoms with Gasteiger partial charge in [-0.15, -0.1) is 0 Å². The topological polar surface area (TPSA) is 41.1 Å². The Bertz CT molecular complexity index is 956. The lowest BCUT2D eigenvalue weighted by Gasteiger charge is -2.32. The van der Waals surface area contributed by atoms with Crippen LogP contribution >= 0.6 is 0 Å². The zero-order chi connectivity index (χ0) is 19.5. The maximum absolute atomic E-state index is 13.7. The Morgan fingerprint density at radius 2 is 2.07 bits per heavy atom. The number of hydrogen-bond acceptors (Lipinski definition) is 3. The standard InChI is InChI=1S/C22H23F2N3O/c1-28-18-6-2-4-15(10-18)13-27-9-3-5-17(14-27)22-19(12-25-26-22)16-7-8-20(23)21(24)11-16/h2,4,6-8,10-12,17H,3,5,9,13-14H2,1H3,(H,25,26). The lowest BCUT2D eigenvalue weighted by atomic mass is 9.90. The number of likely N-dealkylation sites (tertiary alicyclic amines) is 1. The fourth-order valence-corrected chi connectivity index (χ4v) is 3.96. The molecule has 0 bridgehead atoms. The number of aromatic amines is 1. The second-order valence-electron chi connectivity index (χ2n) is 7.25. The first-order valence-corrected chi connectivity index (χ1v) is 9.48. The van der Waals surface area contributed by atoms with Crippen LogP contribution in [0, 0.1) is 11.6 Å². The molecule has 1 saturated heterocycles. The normalized spacial score (nSPS) is 17.6. The number of halogens is 2. The van der Waals surface area contributed by atoms with E-state index in [0.717, 1.165) is 55.5 Å². The summed E-state index contributed by atoms with van der Waals surface area (Å²) in [5.41, 5.74) is 3.69. The zero-order valence-electron chi connectivity index (χ0n) is 15.8. The minimum absolute atomic E-state index is 0.268. The van der Waals surface area contributed by atoms with E-state index in [1.165, 1.54) is 11.6 Å². The van der Waals surface area contributed by atoms with Crippen molar-refractivity contribution in [1.82, 2.24) is 15.1 Å². The molecule has 146 valence electrons. The molecule has 4 rings (SSSR count). The summed E-state index contributed by atoms with van der Waals surface area (Å²) in [5.74, 6) is -0.547. The number of nitrogens with one attached hydrogen (secondary N) is 1. The summed E-state index contributed by atoms with van der Waals surface area (Å²) < 4.78 is 32.3. The van der Waals surface area contributed by atoms with Crippen molar-refractivity contribution in [3.8, 4) is 16.9 Å². The van der Waals surface area contributed by atoms with Crippen molar-refractivity contribution >= 4 is 0 Å². The third kappa shape index (κ3) is 3.92. The Morgan fingerprint density at radius 3 is 2.89 bits per heavy atom. The Kier molecular flexibility index (Phi) is 5.39. The van der Waals surface area contributed by atoms with E-state index in [9.17, 15) is 8.78 Å². The monoisotopic (exact) mass is 383 g/mol. The zero-order valence-corrected chi connectivity index (χ0v) is 15.8. The van der Waals surface area contributed by atoms with Crippen LogP contribution in [0.2, 0.25) is 0 Å². The highest BCUT2D eigenvalue weighted by molar-refractivity contribution is 5.66. The van der Waals surface area contributed by atoms with Crippen LogP contribution in [0.3, 0.4) is 0 Å². The molecule has 1 fully saturated rings. The number of hydrogen-bond donors (Lipinski definition) is 1. The minimum atomic E-state index is -0.840. The van der Waals surface area contributed by atoms with Gasteiger partial charge >= 0.3 is 0 Å². The van der Waals surface area contributed by atoms with Crippen LogP contribution in [0.15, 0.2) is 48.7 Å². The van der Waals surface area contributed by atoms with Gasteiger partial charge in [-0.05, 0) is 54.8 Å². The molecule has 1 aliphatic rings. The summed E-state index contributed by atoms with van der Waals surface area (Å²) >= 11 is 0. The van der Waals surface area contributed by atoms with Crippen molar-refractivity contribution in [2.24, 2.45) is 0 Å². The van der Waals surface area contributed by atoms with Crippen LogP contribution in [-0.4, -0.2) is 35.3 Å². The van der Waals surface area contributed by atoms with Crippen LogP contribution in [0.5, 0.6) is 5.75 Å². The van der Waals surface area contributed by atoms with E-state index < -0.39 is 11.6 Å². The molecule has 1 atom stereocenters. The Labute approximate surface area is 163 Å². The van der Waals surface area contributed by atoms with Crippen molar-refractivity contribution in [3.63, 3.8) is 0 Å². The summed E-state index contributed by atoms with van der Waals surface area (Å²) in [6, 6.07) is 12.1. The van der Waals surface area contributed by atoms with Gasteiger partial charge in [0.25, 0.3) is 0 Å². The summed E-state index contributed by atoms with van der Waals surface area (Å²) in [6.07, 6.45) is 3.81. The number of methoxy groups -OCH3 is 1. The quantitative estimate of drug-likeness (QED) is 0.692. The molecule has 1 N–H and O–H groups in total. The highest BCUT2D eigenvalue weighted by Crippen LogP contribution is 2.34. The predicted molar refractivity (Wildman–Crippen MR) is 104 cm³/mol. The molecule has 0 radical (unpaired) electrons. The van der Waals surface area contributed by atoms with Gasteiger partial charge in [0.2, 0.25) is 0 Å². The van der Waals surface area contributed by atoms with Crippen molar-refractivity contribution in [2.45, 2.75) is 25.3 Å². The fraction of sp³-hybridized carbons (Fsp3) is 0.318. The molecule has 4 nitrogen and oxygen atoms in total. The van der Waals surface area contributed by atoms with Gasteiger partial charge in [-0.1, -0.05) is 18.2 Å². The maximum Gasteiger partial charge on any atom is 0.159 e. The van der Waals surface area contributed by atoms with Crippen LogP contribution in [-0.2, 0) is 6.54 Å². The summed E-state index contributed by atoms with van der Waals surface area (Å²) in [6.45, 7) is 2.76. The number of benzene rings is 2. The summed E-state index contributed by atoms with van der Waals surface area (Å²) in [4.78, 5) is 2.42. The second-order valence-corrected chi connectivity index (χ2v) is 7.25. The lowest BCUT2D eigenvalue weighted by molar-refractivity contribution is 0.198. The molecule has 3 aromatic rings. The third-order valence-electron chi connectivity index (χ3n) is 5.35. The Morgan fingerprint density at radius 1 is 1.18 bits per heavy atom. The fourth-order valence-electron chi connectivity index (χ4n) is 3.96. The average molecular weight is 383 g/mol. The third-order valence-corrected chi connectivity index (χ3v) is 5.35. The van der Waals surface area contributed by atoms with E-state index in [0.29, 0.717) is 5.56 Å². The van der Waals surface area contributed by atoms with Gasteiger partial charge in [0, 0.05) is 30.3 Å². The molecule has 28 heavy (non-hydrogen) atoms. The number of ether oxygens (including phenoxy) is 1. The molecule has 1 aliphatic heterocycles. The average Bonchev–Trinajstić information content (AvgIpc) is 3.20. The van der Waals surface area contributed by atoms with E-state index in [1.807, 2.05) is 12.1 Å². The lowest BCUT2D eigenvalue weighted by Crippen LogP contribution is -2.34. The SMILES string of the molecule is COc1cccc(CN2CCCC(c3[nH]ncc3-c3ccc(F)c(F)c3)C2)c1. The van der Waals surface area contributed by atoms with Crippen LogP contribution in [0.1, 0.15) is 30.0 Å². The first kappa shape index (κ1) is 18.6. The molecular formula is C22H23F2N3O. The molecular weight excluding hydrogens is 360 g/mol. The maximum atomic E-state index is 13.7. The first-order valence-electron chi connectivity index (χ1n) is 9.48. The number of nitrogens with zero attached hydrogens (tertiary/aromatic N) is 2. The Balaban J connectivity index is 1.52. The van der Waals surface area contributed by atoms with Gasteiger partial charge in [0.1, 0.15) is 5.75 Å². The number of piperidine rings is 1. The van der Waals surface area contributed by atoms with Gasteiger partial charge in [0.15, 0.2) is 11.6 Å². The molecule has 2 heterocycles. The van der Waals surface area contributed by atoms with Gasteiger partial charge < -0.3 is 4.74 Å². The molecule has 1 unspecified atom stereocenters. The van der Waals surface area contributed by atoms with E-state index in [4.69, 9.17) is 4.74 Å². The highest BCUT2D eigenvalue weighted by atomic mass is 19.2. The van der Waals surface area contributed by atoms with Gasteiger partial charge in [0.05, 0.1) is 13.3 Å². The molecule has 0 saturated carbocycles. The van der Waals surface area contributed by atoms with E-state index in [1.54, 1.807) is 19.4 Å². The highest BCUT2D eigenvalue weighted by Gasteiger charge is 2.25. The molecule has 2 aromatic carbocycles. The first-order chi connectivity index (χ1) is 13.6. The van der Waals surface area contributed by atoms with Gasteiger partial charge in [-0.25, -0.2) is 8.78 Å². The molecule has 1 aromatic heterocycles. The van der Waals surface area contributed by atoms with Crippen LogP contribution < -0.4 is 4.74 Å². The van der Waals surface area contributed by atoms with Gasteiger partial charge in [-0.3, -0.25) is 10.00 Å². The second kappa shape index (κ2) is 8.10. The smallest absolute Gasteiger partial charge is 0.159 e. The van der Waals surface area contributed by atoms with Crippen molar-refractivity contribution in [1.29, 1.82) is 0 Å². The summed E-state index contributed by atoms with van der Waals surface area (Å²) in [5, 5.41) is 7.28. The Hall–Kier alpha value is -2.73. The molecule has 0 spiro atoms. The van der Waals surface area contributed by atoms with Crippen molar-refractivity contribution < 1.29 is 13.5 Å². The van der Waals surface area contributed by atoms with E-state index in [2.05, 4.69) is 27.2 Å². The van der Waals surface area contributed by atoms with Crippen LogP contribution in [0.25, 0.3) is 11.1 Å². The van der Waals surface area contributed by atoms with Crippen molar-refractivity contribution in [2.75, 3.05) is 20.2 Å². The van der Waals surface area contributed by atoms with E-state index in [-0.39, 0.29) is 5.92 Å². The summed E-state index contributed by atoms with van der Waals surface area (Å²) in [7, 11) is 1.67. The number of aromatic nitrogens is 2. The number of H-pyrrole nitrogens is 1. The largest absolute Gasteiger partial charge is 0.497 e. The molecule has 0 amide bonds. The molecule has 6 heteroatoms. The predicted octanol–water partition coefficient (Wildman–Crippen LogP) is 4.74. The van der Waals surface area contributed by atoms with Gasteiger partial charge in [-0.2, -0.15) is 5.10 Å².